The Labute approximate surface area is 141 Å². The van der Waals surface area contributed by atoms with Gasteiger partial charge in [0.2, 0.25) is 9.84 Å². The molecule has 0 spiro atoms. The monoisotopic (exact) mass is 352 g/mol. The van der Waals surface area contributed by atoms with Crippen LogP contribution < -0.4 is 0 Å². The maximum absolute atomic E-state index is 12.8. The van der Waals surface area contributed by atoms with E-state index in [0.29, 0.717) is 16.2 Å². The third-order valence-electron chi connectivity index (χ3n) is 4.93. The Morgan fingerprint density at radius 1 is 1.13 bits per heavy atom. The summed E-state index contributed by atoms with van der Waals surface area (Å²) in [6.45, 7) is 11.0. The molecule has 0 N–H and O–H groups in total. The second-order valence-electron chi connectivity index (χ2n) is 7.76. The molecule has 1 aromatic carbocycles. The van der Waals surface area contributed by atoms with Crippen molar-refractivity contribution in [2.75, 3.05) is 0 Å². The van der Waals surface area contributed by atoms with Gasteiger partial charge in [-0.25, -0.2) is 8.42 Å². The zero-order valence-electron chi connectivity index (χ0n) is 14.8. The van der Waals surface area contributed by atoms with Crippen molar-refractivity contribution >= 4 is 18.2 Å². The number of rotatable bonds is 4. The van der Waals surface area contributed by atoms with Crippen LogP contribution in [0.2, 0.25) is 18.1 Å². The minimum atomic E-state index is -3.39. The van der Waals surface area contributed by atoms with Gasteiger partial charge in [0.15, 0.2) is 8.32 Å². The third-order valence-corrected chi connectivity index (χ3v) is 11.4. The zero-order chi connectivity index (χ0) is 17.3. The SMILES string of the molecule is CC(C)(C)[Si](C)(C)OC1C=C(S(=O)(=O)c2ccccc2)CCC1. The van der Waals surface area contributed by atoms with Crippen molar-refractivity contribution in [1.82, 2.24) is 0 Å². The molecule has 0 aromatic heterocycles. The van der Waals surface area contributed by atoms with Gasteiger partial charge in [0, 0.05) is 4.91 Å². The summed E-state index contributed by atoms with van der Waals surface area (Å²) in [6, 6.07) is 8.68. The molecule has 0 radical (unpaired) electrons. The van der Waals surface area contributed by atoms with Gasteiger partial charge < -0.3 is 4.43 Å². The Hall–Kier alpha value is -0.913. The van der Waals surface area contributed by atoms with Crippen LogP contribution in [0.3, 0.4) is 0 Å². The summed E-state index contributed by atoms with van der Waals surface area (Å²) in [6.07, 6.45) is 4.14. The van der Waals surface area contributed by atoms with E-state index in [2.05, 4.69) is 33.9 Å². The molecule has 0 amide bonds. The van der Waals surface area contributed by atoms with Gasteiger partial charge in [-0.05, 0) is 55.6 Å². The third kappa shape index (κ3) is 4.14. The largest absolute Gasteiger partial charge is 0.411 e. The van der Waals surface area contributed by atoms with E-state index in [-0.39, 0.29) is 11.1 Å². The molecule has 0 fully saturated rings. The van der Waals surface area contributed by atoms with Crippen molar-refractivity contribution in [3.05, 3.63) is 41.3 Å². The van der Waals surface area contributed by atoms with Crippen molar-refractivity contribution in [1.29, 1.82) is 0 Å². The molecular weight excluding hydrogens is 324 g/mol. The van der Waals surface area contributed by atoms with Crippen molar-refractivity contribution < 1.29 is 12.8 Å². The second kappa shape index (κ2) is 6.53. The first kappa shape index (κ1) is 18.4. The molecule has 2 rings (SSSR count). The van der Waals surface area contributed by atoms with Crippen LogP contribution in [0.1, 0.15) is 40.0 Å². The van der Waals surface area contributed by atoms with Crippen LogP contribution in [0.15, 0.2) is 46.2 Å². The first-order valence-corrected chi connectivity index (χ1v) is 12.6. The fourth-order valence-electron chi connectivity index (χ4n) is 2.47. The highest BCUT2D eigenvalue weighted by atomic mass is 32.2. The molecule has 1 atom stereocenters. The van der Waals surface area contributed by atoms with Crippen LogP contribution >= 0.6 is 0 Å². The number of sulfone groups is 1. The minimum Gasteiger partial charge on any atom is -0.411 e. The summed E-state index contributed by atoms with van der Waals surface area (Å²) in [5.41, 5.74) is 0. The molecule has 5 heteroatoms. The van der Waals surface area contributed by atoms with Gasteiger partial charge in [0.25, 0.3) is 0 Å². The fraction of sp³-hybridized carbons (Fsp3) is 0.556. The lowest BCUT2D eigenvalue weighted by molar-refractivity contribution is 0.206. The van der Waals surface area contributed by atoms with Crippen LogP contribution in [-0.4, -0.2) is 22.8 Å². The molecule has 3 nitrogen and oxygen atoms in total. The average molecular weight is 353 g/mol. The van der Waals surface area contributed by atoms with E-state index in [9.17, 15) is 8.42 Å². The number of hydrogen-bond donors (Lipinski definition) is 0. The molecule has 0 saturated heterocycles. The van der Waals surface area contributed by atoms with Crippen molar-refractivity contribution in [3.8, 4) is 0 Å². The first-order chi connectivity index (χ1) is 10.5. The Morgan fingerprint density at radius 3 is 2.30 bits per heavy atom. The predicted molar refractivity (Wildman–Crippen MR) is 97.6 cm³/mol. The molecule has 23 heavy (non-hydrogen) atoms. The molecule has 1 aliphatic carbocycles. The van der Waals surface area contributed by atoms with Crippen molar-refractivity contribution in [3.63, 3.8) is 0 Å². The maximum Gasteiger partial charge on any atom is 0.202 e. The lowest BCUT2D eigenvalue weighted by Crippen LogP contribution is -2.44. The lowest BCUT2D eigenvalue weighted by Gasteiger charge is -2.39. The highest BCUT2D eigenvalue weighted by Gasteiger charge is 2.39. The Morgan fingerprint density at radius 2 is 1.74 bits per heavy atom. The van der Waals surface area contributed by atoms with Crippen LogP contribution in [0.25, 0.3) is 0 Å². The standard InChI is InChI=1S/C18H28O3SSi/c1-18(2,3)23(4,5)21-15-10-9-13-17(14-15)22(19,20)16-11-7-6-8-12-16/h6-8,11-12,14-15H,9-10,13H2,1-5H3. The van der Waals surface area contributed by atoms with Gasteiger partial charge in [-0.15, -0.1) is 0 Å². The predicted octanol–water partition coefficient (Wildman–Crippen LogP) is 4.92. The van der Waals surface area contributed by atoms with E-state index >= 15 is 0 Å². The molecule has 1 aliphatic rings. The van der Waals surface area contributed by atoms with Gasteiger partial charge >= 0.3 is 0 Å². The summed E-state index contributed by atoms with van der Waals surface area (Å²) in [5.74, 6) is 0. The van der Waals surface area contributed by atoms with Gasteiger partial charge in [-0.1, -0.05) is 39.0 Å². The average Bonchev–Trinajstić information content (AvgIpc) is 2.47. The molecular formula is C18H28O3SSi. The van der Waals surface area contributed by atoms with Gasteiger partial charge in [0.1, 0.15) is 0 Å². The Kier molecular flexibility index (Phi) is 5.23. The van der Waals surface area contributed by atoms with E-state index < -0.39 is 18.2 Å². The highest BCUT2D eigenvalue weighted by Crippen LogP contribution is 2.39. The topological polar surface area (TPSA) is 43.4 Å². The number of allylic oxidation sites excluding steroid dienone is 1. The van der Waals surface area contributed by atoms with E-state index in [4.69, 9.17) is 4.43 Å². The van der Waals surface area contributed by atoms with E-state index in [0.717, 1.165) is 12.8 Å². The van der Waals surface area contributed by atoms with Crippen LogP contribution in [0, 0.1) is 0 Å². The van der Waals surface area contributed by atoms with E-state index in [1.165, 1.54) is 0 Å². The number of benzene rings is 1. The van der Waals surface area contributed by atoms with Crippen molar-refractivity contribution in [2.45, 2.75) is 69.2 Å². The molecule has 1 aromatic rings. The summed E-state index contributed by atoms with van der Waals surface area (Å²) in [7, 11) is -5.29. The fourth-order valence-corrected chi connectivity index (χ4v) is 5.33. The van der Waals surface area contributed by atoms with Gasteiger partial charge in [0.05, 0.1) is 11.0 Å². The molecule has 0 saturated carbocycles. The zero-order valence-corrected chi connectivity index (χ0v) is 16.6. The van der Waals surface area contributed by atoms with Crippen LogP contribution in [-0.2, 0) is 14.3 Å². The van der Waals surface area contributed by atoms with Crippen LogP contribution in [0.5, 0.6) is 0 Å². The maximum atomic E-state index is 12.8. The smallest absolute Gasteiger partial charge is 0.202 e. The summed E-state index contributed by atoms with van der Waals surface area (Å²) in [5, 5.41) is 0.122. The summed E-state index contributed by atoms with van der Waals surface area (Å²) < 4.78 is 32.0. The molecule has 0 heterocycles. The normalized spacial score (nSPS) is 20.2. The van der Waals surface area contributed by atoms with Gasteiger partial charge in [-0.2, -0.15) is 0 Å². The Balaban J connectivity index is 2.26. The van der Waals surface area contributed by atoms with E-state index in [1.54, 1.807) is 24.3 Å². The van der Waals surface area contributed by atoms with Gasteiger partial charge in [-0.3, -0.25) is 0 Å². The van der Waals surface area contributed by atoms with Crippen LogP contribution in [0.4, 0.5) is 0 Å². The molecule has 0 aliphatic heterocycles. The van der Waals surface area contributed by atoms with Crippen molar-refractivity contribution in [2.24, 2.45) is 0 Å². The molecule has 1 unspecified atom stereocenters. The Bertz CT molecular complexity index is 670. The number of hydrogen-bond acceptors (Lipinski definition) is 3. The van der Waals surface area contributed by atoms with E-state index in [1.807, 2.05) is 12.1 Å². The molecule has 128 valence electrons. The molecule has 0 bridgehead atoms. The quantitative estimate of drug-likeness (QED) is 0.723. The minimum absolute atomic E-state index is 0.0851. The summed E-state index contributed by atoms with van der Waals surface area (Å²) >= 11 is 0. The first-order valence-electron chi connectivity index (χ1n) is 8.23. The highest BCUT2D eigenvalue weighted by molar-refractivity contribution is 7.95. The second-order valence-corrected chi connectivity index (χ2v) is 14.5. The summed E-state index contributed by atoms with van der Waals surface area (Å²) in [4.78, 5) is 0.887. The lowest BCUT2D eigenvalue weighted by atomic mass is 10.1.